The first kappa shape index (κ1) is 12.1. The van der Waals surface area contributed by atoms with Crippen molar-refractivity contribution in [3.63, 3.8) is 0 Å². The van der Waals surface area contributed by atoms with Gasteiger partial charge in [0.1, 0.15) is 5.38 Å². The Morgan fingerprint density at radius 2 is 1.94 bits per heavy atom. The van der Waals surface area contributed by atoms with Gasteiger partial charge in [0.2, 0.25) is 5.91 Å². The Bertz CT molecular complexity index is 419. The lowest BCUT2D eigenvalue weighted by molar-refractivity contribution is -0.120. The highest BCUT2D eigenvalue weighted by molar-refractivity contribution is 6.31. The summed E-state index contributed by atoms with van der Waals surface area (Å²) in [7, 11) is 0. The highest BCUT2D eigenvalue weighted by Crippen LogP contribution is 2.17. The minimum Gasteiger partial charge on any atom is -0.345 e. The Morgan fingerprint density at radius 1 is 1.24 bits per heavy atom. The maximum absolute atomic E-state index is 12.1. The van der Waals surface area contributed by atoms with Crippen LogP contribution in [0.4, 0.5) is 0 Å². The zero-order valence-corrected chi connectivity index (χ0v) is 10.1. The van der Waals surface area contributed by atoms with Crippen LogP contribution in [-0.2, 0) is 4.79 Å². The minimum absolute atomic E-state index is 0.0373. The van der Waals surface area contributed by atoms with Crippen molar-refractivity contribution in [3.05, 3.63) is 35.9 Å². The van der Waals surface area contributed by atoms with Gasteiger partial charge in [0.25, 0.3) is 0 Å². The Kier molecular flexibility index (Phi) is 3.79. The van der Waals surface area contributed by atoms with Crippen molar-refractivity contribution >= 4 is 23.3 Å². The number of benzene rings is 1. The van der Waals surface area contributed by atoms with Gasteiger partial charge >= 0.3 is 0 Å². The van der Waals surface area contributed by atoms with E-state index in [1.54, 1.807) is 12.1 Å². The van der Waals surface area contributed by atoms with Crippen molar-refractivity contribution in [1.82, 2.24) is 5.32 Å². The Hall–Kier alpha value is -1.35. The number of nitrogens with one attached hydrogen (secondary N) is 1. The van der Waals surface area contributed by atoms with Crippen LogP contribution in [0, 0.1) is 0 Å². The van der Waals surface area contributed by atoms with Crippen LogP contribution < -0.4 is 5.32 Å². The minimum atomic E-state index is -0.511. The lowest BCUT2D eigenvalue weighted by Crippen LogP contribution is -2.41. The van der Waals surface area contributed by atoms with E-state index in [0.717, 1.165) is 6.42 Å². The molecule has 0 bridgehead atoms. The molecule has 1 heterocycles. The zero-order chi connectivity index (χ0) is 12.3. The number of amides is 1. The number of hydrogen-bond acceptors (Lipinski definition) is 2. The number of halogens is 1. The number of carbonyl (C=O) groups is 2. The Balaban J connectivity index is 2.12. The number of alkyl halides is 1. The summed E-state index contributed by atoms with van der Waals surface area (Å²) >= 11 is 5.86. The van der Waals surface area contributed by atoms with E-state index in [2.05, 4.69) is 5.32 Å². The SMILES string of the molecule is O=C1NC(C(=O)c2ccccc2)CCCC1Cl. The molecular weight excluding hydrogens is 238 g/mol. The third kappa shape index (κ3) is 2.86. The van der Waals surface area contributed by atoms with E-state index in [-0.39, 0.29) is 11.7 Å². The highest BCUT2D eigenvalue weighted by Gasteiger charge is 2.28. The summed E-state index contributed by atoms with van der Waals surface area (Å²) in [6.07, 6.45) is 2.07. The molecule has 4 heteroatoms. The van der Waals surface area contributed by atoms with Crippen LogP contribution in [0.15, 0.2) is 30.3 Å². The molecule has 0 spiro atoms. The molecule has 0 aromatic heterocycles. The van der Waals surface area contributed by atoms with Crippen molar-refractivity contribution in [3.8, 4) is 0 Å². The molecule has 1 N–H and O–H groups in total. The average molecular weight is 252 g/mol. The first-order valence-corrected chi connectivity index (χ1v) is 6.16. The molecular formula is C13H14ClNO2. The molecule has 1 aliphatic heterocycles. The monoisotopic (exact) mass is 251 g/mol. The second-order valence-corrected chi connectivity index (χ2v) is 4.72. The molecule has 90 valence electrons. The van der Waals surface area contributed by atoms with Crippen LogP contribution >= 0.6 is 11.6 Å². The number of rotatable bonds is 2. The van der Waals surface area contributed by atoms with E-state index in [9.17, 15) is 9.59 Å². The second kappa shape index (κ2) is 5.32. The van der Waals surface area contributed by atoms with Crippen LogP contribution in [0.2, 0.25) is 0 Å². The number of Topliss-reactive ketones (excluding diaryl/α,β-unsaturated/α-hetero) is 1. The molecule has 0 saturated carbocycles. The predicted octanol–water partition coefficient (Wildman–Crippen LogP) is 2.15. The van der Waals surface area contributed by atoms with Gasteiger partial charge in [-0.05, 0) is 19.3 Å². The van der Waals surface area contributed by atoms with Crippen molar-refractivity contribution in [2.75, 3.05) is 0 Å². The second-order valence-electron chi connectivity index (χ2n) is 4.19. The van der Waals surface area contributed by atoms with Gasteiger partial charge < -0.3 is 5.32 Å². The lowest BCUT2D eigenvalue weighted by Gasteiger charge is -2.14. The molecule has 0 radical (unpaired) electrons. The van der Waals surface area contributed by atoms with Crippen molar-refractivity contribution in [2.45, 2.75) is 30.7 Å². The van der Waals surface area contributed by atoms with Gasteiger partial charge in [-0.15, -0.1) is 11.6 Å². The van der Waals surface area contributed by atoms with E-state index in [4.69, 9.17) is 11.6 Å². The molecule has 17 heavy (non-hydrogen) atoms. The molecule has 1 aliphatic rings. The van der Waals surface area contributed by atoms with Gasteiger partial charge in [-0.2, -0.15) is 0 Å². The number of carbonyl (C=O) groups excluding carboxylic acids is 2. The summed E-state index contributed by atoms with van der Waals surface area (Å²) < 4.78 is 0. The van der Waals surface area contributed by atoms with Gasteiger partial charge in [0.15, 0.2) is 5.78 Å². The molecule has 2 unspecified atom stereocenters. The van der Waals surface area contributed by atoms with Crippen LogP contribution in [0.3, 0.4) is 0 Å². The topological polar surface area (TPSA) is 46.2 Å². The molecule has 1 amide bonds. The predicted molar refractivity (Wildman–Crippen MR) is 66.2 cm³/mol. The van der Waals surface area contributed by atoms with E-state index in [0.29, 0.717) is 18.4 Å². The summed E-state index contributed by atoms with van der Waals surface area (Å²) in [5, 5.41) is 2.20. The van der Waals surface area contributed by atoms with E-state index in [1.165, 1.54) is 0 Å². The van der Waals surface area contributed by atoms with Gasteiger partial charge in [-0.3, -0.25) is 9.59 Å². The largest absolute Gasteiger partial charge is 0.345 e. The first-order valence-electron chi connectivity index (χ1n) is 5.72. The fourth-order valence-electron chi connectivity index (χ4n) is 1.97. The summed E-state index contributed by atoms with van der Waals surface area (Å²) in [6, 6.07) is 8.58. The van der Waals surface area contributed by atoms with Crippen LogP contribution in [0.5, 0.6) is 0 Å². The normalized spacial score (nSPS) is 24.9. The number of ketones is 1. The molecule has 1 saturated heterocycles. The van der Waals surface area contributed by atoms with Gasteiger partial charge in [0.05, 0.1) is 6.04 Å². The fraction of sp³-hybridized carbons (Fsp3) is 0.385. The molecule has 2 atom stereocenters. The van der Waals surface area contributed by atoms with E-state index < -0.39 is 11.4 Å². The quantitative estimate of drug-likeness (QED) is 0.647. The summed E-state index contributed by atoms with van der Waals surface area (Å²) in [5.74, 6) is -0.275. The Labute approximate surface area is 105 Å². The van der Waals surface area contributed by atoms with E-state index in [1.807, 2.05) is 18.2 Å². The molecule has 0 aliphatic carbocycles. The number of hydrogen-bond donors (Lipinski definition) is 1. The first-order chi connectivity index (χ1) is 8.18. The standard InChI is InChI=1S/C13H14ClNO2/c14-10-7-4-8-11(15-13(10)17)12(16)9-5-2-1-3-6-9/h1-3,5-6,10-11H,4,7-8H2,(H,15,17). The zero-order valence-electron chi connectivity index (χ0n) is 9.36. The third-order valence-corrected chi connectivity index (χ3v) is 3.34. The molecule has 1 aromatic carbocycles. The van der Waals surface area contributed by atoms with Crippen LogP contribution in [0.25, 0.3) is 0 Å². The maximum Gasteiger partial charge on any atom is 0.238 e. The van der Waals surface area contributed by atoms with Gasteiger partial charge in [0, 0.05) is 5.56 Å². The molecule has 1 fully saturated rings. The van der Waals surface area contributed by atoms with Gasteiger partial charge in [-0.1, -0.05) is 30.3 Å². The molecule has 2 rings (SSSR count). The lowest BCUT2D eigenvalue weighted by atomic mass is 10.0. The third-order valence-electron chi connectivity index (χ3n) is 2.93. The van der Waals surface area contributed by atoms with Crippen molar-refractivity contribution in [1.29, 1.82) is 0 Å². The van der Waals surface area contributed by atoms with E-state index >= 15 is 0 Å². The highest BCUT2D eigenvalue weighted by atomic mass is 35.5. The summed E-state index contributed by atoms with van der Waals surface area (Å²) in [5.41, 5.74) is 0.630. The molecule has 1 aromatic rings. The smallest absolute Gasteiger partial charge is 0.238 e. The average Bonchev–Trinajstić information content (AvgIpc) is 2.52. The van der Waals surface area contributed by atoms with Crippen LogP contribution in [0.1, 0.15) is 29.6 Å². The van der Waals surface area contributed by atoms with Crippen LogP contribution in [-0.4, -0.2) is 23.1 Å². The van der Waals surface area contributed by atoms with Crippen molar-refractivity contribution in [2.24, 2.45) is 0 Å². The maximum atomic E-state index is 12.1. The summed E-state index contributed by atoms with van der Waals surface area (Å²) in [4.78, 5) is 23.7. The van der Waals surface area contributed by atoms with Crippen molar-refractivity contribution < 1.29 is 9.59 Å². The fourth-order valence-corrected chi connectivity index (χ4v) is 2.18. The summed E-state index contributed by atoms with van der Waals surface area (Å²) in [6.45, 7) is 0. The van der Waals surface area contributed by atoms with Gasteiger partial charge in [-0.25, -0.2) is 0 Å². The Morgan fingerprint density at radius 3 is 2.65 bits per heavy atom. The molecule has 3 nitrogen and oxygen atoms in total.